The Hall–Kier alpha value is -4.60. The number of nitrogens with two attached hydrogens (primary N) is 1. The topological polar surface area (TPSA) is 106 Å². The van der Waals surface area contributed by atoms with Gasteiger partial charge in [-0.25, -0.2) is 18.7 Å². The van der Waals surface area contributed by atoms with Crippen LogP contribution in [0.1, 0.15) is 30.1 Å². The average Bonchev–Trinajstić information content (AvgIpc) is 3.53. The van der Waals surface area contributed by atoms with E-state index in [0.29, 0.717) is 33.4 Å². The molecule has 0 spiro atoms. The number of rotatable bonds is 5. The first kappa shape index (κ1) is 25.1. The molecule has 0 saturated carbocycles. The first-order valence-electron chi connectivity index (χ1n) is 12.1. The number of nitrogens with zero attached hydrogens (tertiary/aromatic N) is 4. The number of likely N-dealkylation sites (tertiary alicyclic amines) is 1. The SMILES string of the molecule is C=C(C)C(=O)Nc1c(F)cc(-c2c(-c3ccc(C(=O)N4CCCC4)cc3)c3c(N)ncnc3n2C)cc1F. The number of amides is 2. The van der Waals surface area contributed by atoms with Crippen molar-refractivity contribution >= 4 is 34.4 Å². The van der Waals surface area contributed by atoms with E-state index in [1.165, 1.54) is 13.3 Å². The smallest absolute Gasteiger partial charge is 0.253 e. The molecule has 0 aliphatic carbocycles. The summed E-state index contributed by atoms with van der Waals surface area (Å²) in [4.78, 5) is 35.1. The molecule has 0 unspecified atom stereocenters. The predicted octanol–water partition coefficient (Wildman–Crippen LogP) is 4.91. The first-order valence-corrected chi connectivity index (χ1v) is 12.1. The Bertz CT molecular complexity index is 1580. The lowest BCUT2D eigenvalue weighted by molar-refractivity contribution is -0.112. The third-order valence-corrected chi connectivity index (χ3v) is 6.75. The quantitative estimate of drug-likeness (QED) is 0.367. The second kappa shape index (κ2) is 9.70. The van der Waals surface area contributed by atoms with Crippen molar-refractivity contribution in [3.63, 3.8) is 0 Å². The number of nitrogen functional groups attached to an aromatic ring is 1. The third kappa shape index (κ3) is 4.27. The monoisotopic (exact) mass is 516 g/mol. The van der Waals surface area contributed by atoms with Gasteiger partial charge in [-0.15, -0.1) is 0 Å². The van der Waals surface area contributed by atoms with Crippen molar-refractivity contribution < 1.29 is 18.4 Å². The predicted molar refractivity (Wildman–Crippen MR) is 142 cm³/mol. The van der Waals surface area contributed by atoms with E-state index in [1.807, 2.05) is 4.90 Å². The van der Waals surface area contributed by atoms with Crippen LogP contribution in [0.5, 0.6) is 0 Å². The zero-order chi connectivity index (χ0) is 27.1. The Morgan fingerprint density at radius 1 is 1.03 bits per heavy atom. The van der Waals surface area contributed by atoms with E-state index < -0.39 is 23.2 Å². The number of hydrogen-bond acceptors (Lipinski definition) is 5. The van der Waals surface area contributed by atoms with Gasteiger partial charge >= 0.3 is 0 Å². The fraction of sp³-hybridized carbons (Fsp3) is 0.214. The summed E-state index contributed by atoms with van der Waals surface area (Å²) >= 11 is 0. The molecule has 194 valence electrons. The van der Waals surface area contributed by atoms with E-state index in [1.54, 1.807) is 35.9 Å². The molecule has 3 heterocycles. The maximum Gasteiger partial charge on any atom is 0.253 e. The van der Waals surface area contributed by atoms with Crippen molar-refractivity contribution in [1.82, 2.24) is 19.4 Å². The van der Waals surface area contributed by atoms with Gasteiger partial charge in [0, 0.05) is 42.4 Å². The summed E-state index contributed by atoms with van der Waals surface area (Å²) in [5, 5.41) is 2.74. The molecule has 0 radical (unpaired) electrons. The fourth-order valence-electron chi connectivity index (χ4n) is 4.83. The van der Waals surface area contributed by atoms with E-state index in [-0.39, 0.29) is 22.9 Å². The van der Waals surface area contributed by atoms with Crippen LogP contribution in [-0.4, -0.2) is 44.3 Å². The number of fused-ring (bicyclic) bond motifs is 1. The van der Waals surface area contributed by atoms with Gasteiger partial charge in [0.05, 0.1) is 11.1 Å². The molecule has 1 aliphatic heterocycles. The maximum absolute atomic E-state index is 15.1. The molecule has 5 rings (SSSR count). The fourth-order valence-corrected chi connectivity index (χ4v) is 4.83. The standard InChI is InChI=1S/C28H26F2N6O2/c1-15(2)27(37)34-23-19(29)12-18(13-20(23)30)24-21(22-25(31)32-14-33-26(22)35(24)3)16-6-8-17(9-7-16)28(38)36-10-4-5-11-36/h6-9,12-14H,1,4-5,10-11H2,2-3H3,(H,34,37)(H2,31,32,33). The second-order valence-electron chi connectivity index (χ2n) is 9.37. The van der Waals surface area contributed by atoms with Gasteiger partial charge < -0.3 is 20.5 Å². The molecule has 2 amide bonds. The number of benzene rings is 2. The van der Waals surface area contributed by atoms with Crippen LogP contribution in [0.2, 0.25) is 0 Å². The van der Waals surface area contributed by atoms with Gasteiger partial charge in [-0.05, 0) is 49.6 Å². The summed E-state index contributed by atoms with van der Waals surface area (Å²) < 4.78 is 31.9. The first-order chi connectivity index (χ1) is 18.2. The van der Waals surface area contributed by atoms with Crippen molar-refractivity contribution in [2.45, 2.75) is 19.8 Å². The van der Waals surface area contributed by atoms with Gasteiger partial charge in [-0.2, -0.15) is 0 Å². The highest BCUT2D eigenvalue weighted by Gasteiger charge is 2.25. The van der Waals surface area contributed by atoms with Gasteiger partial charge in [0.25, 0.3) is 11.8 Å². The van der Waals surface area contributed by atoms with Gasteiger partial charge in [-0.3, -0.25) is 9.59 Å². The number of carbonyl (C=O) groups excluding carboxylic acids is 2. The van der Waals surface area contributed by atoms with E-state index in [9.17, 15) is 9.59 Å². The van der Waals surface area contributed by atoms with Crippen LogP contribution in [0.3, 0.4) is 0 Å². The van der Waals surface area contributed by atoms with Crippen LogP contribution in [0.15, 0.2) is 54.9 Å². The molecular formula is C28H26F2N6O2. The van der Waals surface area contributed by atoms with Crippen molar-refractivity contribution in [3.8, 4) is 22.4 Å². The molecule has 2 aromatic carbocycles. The molecule has 0 atom stereocenters. The van der Waals surface area contributed by atoms with Gasteiger partial charge in [0.15, 0.2) is 0 Å². The Morgan fingerprint density at radius 3 is 2.26 bits per heavy atom. The highest BCUT2D eigenvalue weighted by molar-refractivity contribution is 6.08. The largest absolute Gasteiger partial charge is 0.383 e. The minimum atomic E-state index is -0.948. The molecule has 4 aromatic rings. The molecule has 0 bridgehead atoms. The second-order valence-corrected chi connectivity index (χ2v) is 9.37. The molecule has 3 N–H and O–H groups in total. The van der Waals surface area contributed by atoms with Crippen LogP contribution >= 0.6 is 0 Å². The molecule has 2 aromatic heterocycles. The molecule has 1 saturated heterocycles. The van der Waals surface area contributed by atoms with Crippen LogP contribution in [0, 0.1) is 11.6 Å². The number of carbonyl (C=O) groups is 2. The number of hydrogen-bond donors (Lipinski definition) is 2. The third-order valence-electron chi connectivity index (χ3n) is 6.75. The summed E-state index contributed by atoms with van der Waals surface area (Å²) in [5.74, 6) is -2.41. The number of nitrogens with one attached hydrogen (secondary N) is 1. The summed E-state index contributed by atoms with van der Waals surface area (Å²) in [7, 11) is 1.71. The maximum atomic E-state index is 15.1. The number of aromatic nitrogens is 3. The molecular weight excluding hydrogens is 490 g/mol. The highest BCUT2D eigenvalue weighted by atomic mass is 19.1. The van der Waals surface area contributed by atoms with E-state index in [4.69, 9.17) is 5.73 Å². The Balaban J connectivity index is 1.66. The van der Waals surface area contributed by atoms with Crippen molar-refractivity contribution in [1.29, 1.82) is 0 Å². The van der Waals surface area contributed by atoms with E-state index in [2.05, 4.69) is 21.9 Å². The summed E-state index contributed by atoms with van der Waals surface area (Å²) in [6.45, 7) is 6.41. The normalized spacial score (nSPS) is 13.2. The zero-order valence-corrected chi connectivity index (χ0v) is 21.0. The number of aryl methyl sites for hydroxylation is 1. The lowest BCUT2D eigenvalue weighted by atomic mass is 9.97. The van der Waals surface area contributed by atoms with Crippen LogP contribution < -0.4 is 11.1 Å². The Morgan fingerprint density at radius 2 is 1.66 bits per heavy atom. The van der Waals surface area contributed by atoms with Crippen molar-refractivity contribution in [2.75, 3.05) is 24.1 Å². The average molecular weight is 517 g/mol. The zero-order valence-electron chi connectivity index (χ0n) is 21.0. The lowest BCUT2D eigenvalue weighted by Crippen LogP contribution is -2.27. The minimum absolute atomic E-state index is 0.0356. The summed E-state index contributed by atoms with van der Waals surface area (Å²) in [6, 6.07) is 9.31. The molecule has 38 heavy (non-hydrogen) atoms. The highest BCUT2D eigenvalue weighted by Crippen LogP contribution is 2.42. The lowest BCUT2D eigenvalue weighted by Gasteiger charge is -2.16. The van der Waals surface area contributed by atoms with Crippen LogP contribution in [0.25, 0.3) is 33.4 Å². The number of anilines is 2. The molecule has 8 nitrogen and oxygen atoms in total. The summed E-state index contributed by atoms with van der Waals surface area (Å²) in [6.07, 6.45) is 3.30. The van der Waals surface area contributed by atoms with Crippen LogP contribution in [0.4, 0.5) is 20.3 Å². The van der Waals surface area contributed by atoms with Gasteiger partial charge in [0.1, 0.15) is 35.1 Å². The Labute approximate surface area is 217 Å². The molecule has 1 aliphatic rings. The van der Waals surface area contributed by atoms with Crippen molar-refractivity contribution in [3.05, 3.63) is 72.1 Å². The molecule has 10 heteroatoms. The van der Waals surface area contributed by atoms with Gasteiger partial charge in [-0.1, -0.05) is 18.7 Å². The minimum Gasteiger partial charge on any atom is -0.383 e. The number of halogens is 2. The Kier molecular flexibility index (Phi) is 6.40. The van der Waals surface area contributed by atoms with E-state index in [0.717, 1.165) is 38.1 Å². The van der Waals surface area contributed by atoms with Crippen LogP contribution in [-0.2, 0) is 11.8 Å². The summed E-state index contributed by atoms with van der Waals surface area (Å²) in [5.41, 5.74) is 8.72. The van der Waals surface area contributed by atoms with E-state index >= 15 is 8.78 Å². The van der Waals surface area contributed by atoms with Gasteiger partial charge in [0.2, 0.25) is 0 Å². The molecule has 1 fully saturated rings. The van der Waals surface area contributed by atoms with Crippen molar-refractivity contribution in [2.24, 2.45) is 7.05 Å².